The fourth-order valence-corrected chi connectivity index (χ4v) is 5.12. The van der Waals surface area contributed by atoms with Gasteiger partial charge >= 0.3 is 0 Å². The first-order chi connectivity index (χ1) is 16.0. The first-order valence-corrected chi connectivity index (χ1v) is 12.4. The summed E-state index contributed by atoms with van der Waals surface area (Å²) in [7, 11) is 0. The van der Waals surface area contributed by atoms with Gasteiger partial charge in [-0.05, 0) is 43.0 Å². The van der Waals surface area contributed by atoms with Crippen LogP contribution in [0.4, 0.5) is 0 Å². The molecule has 0 spiro atoms. The van der Waals surface area contributed by atoms with E-state index < -0.39 is 0 Å². The third-order valence-corrected chi connectivity index (χ3v) is 6.86. The third kappa shape index (κ3) is 5.82. The van der Waals surface area contributed by atoms with Gasteiger partial charge in [0.2, 0.25) is 0 Å². The minimum atomic E-state index is -0.0225. The average molecular weight is 465 g/mol. The Labute approximate surface area is 200 Å². The number of hydrogen-bond donors (Lipinski definition) is 0. The number of morpholine rings is 1. The molecule has 0 aliphatic carbocycles. The van der Waals surface area contributed by atoms with Gasteiger partial charge in [-0.15, -0.1) is 11.3 Å². The van der Waals surface area contributed by atoms with E-state index in [-0.39, 0.29) is 12.5 Å². The van der Waals surface area contributed by atoms with Crippen molar-refractivity contribution >= 4 is 27.3 Å². The second-order valence-electron chi connectivity index (χ2n) is 8.51. The zero-order chi connectivity index (χ0) is 23.2. The van der Waals surface area contributed by atoms with Crippen LogP contribution in [0, 0.1) is 0 Å². The van der Waals surface area contributed by atoms with Crippen molar-refractivity contribution in [3.63, 3.8) is 0 Å². The molecule has 0 N–H and O–H groups in total. The Morgan fingerprint density at radius 1 is 1.21 bits per heavy atom. The molecule has 2 aromatic carbocycles. The van der Waals surface area contributed by atoms with Crippen molar-refractivity contribution in [2.45, 2.75) is 20.4 Å². The monoisotopic (exact) mass is 464 g/mol. The number of fused-ring (bicyclic) bond motifs is 1. The maximum absolute atomic E-state index is 12.7. The van der Waals surface area contributed by atoms with Crippen molar-refractivity contribution in [3.05, 3.63) is 65.6 Å². The van der Waals surface area contributed by atoms with Gasteiger partial charge in [-0.2, -0.15) is 0 Å². The maximum Gasteiger partial charge on any atom is 0.260 e. The number of rotatable bonds is 9. The van der Waals surface area contributed by atoms with Crippen LogP contribution < -0.4 is 4.74 Å². The molecule has 33 heavy (non-hydrogen) atoms. The molecule has 5 nitrogen and oxygen atoms in total. The maximum atomic E-state index is 12.7. The summed E-state index contributed by atoms with van der Waals surface area (Å²) in [5.41, 5.74) is 4.47. The van der Waals surface area contributed by atoms with Crippen LogP contribution in [0.25, 0.3) is 21.2 Å². The van der Waals surface area contributed by atoms with Gasteiger partial charge in [0.15, 0.2) is 6.61 Å². The normalized spacial score (nSPS) is 14.4. The van der Waals surface area contributed by atoms with E-state index >= 15 is 0 Å². The zero-order valence-corrected chi connectivity index (χ0v) is 20.3. The Hall–Kier alpha value is -2.67. The molecule has 1 aromatic heterocycles. The van der Waals surface area contributed by atoms with E-state index in [1.54, 1.807) is 16.2 Å². The smallest absolute Gasteiger partial charge is 0.260 e. The number of carbonyl (C=O) groups is 1. The quantitative estimate of drug-likeness (QED) is 0.408. The van der Waals surface area contributed by atoms with E-state index in [4.69, 9.17) is 9.47 Å². The van der Waals surface area contributed by atoms with Crippen molar-refractivity contribution in [1.29, 1.82) is 0 Å². The van der Waals surface area contributed by atoms with Gasteiger partial charge in [0.05, 0.1) is 13.2 Å². The van der Waals surface area contributed by atoms with Crippen molar-refractivity contribution in [3.8, 4) is 16.9 Å². The zero-order valence-electron chi connectivity index (χ0n) is 19.5. The first-order valence-electron chi connectivity index (χ1n) is 11.5. The fraction of sp³-hybridized carbons (Fsp3) is 0.370. The predicted molar refractivity (Wildman–Crippen MR) is 136 cm³/mol. The summed E-state index contributed by atoms with van der Waals surface area (Å²) in [6, 6.07) is 14.8. The van der Waals surface area contributed by atoms with Gasteiger partial charge in [-0.25, -0.2) is 0 Å². The molecule has 6 heteroatoms. The SMILES string of the molecule is C=C(C)CN(CC)C(=O)COc1ccc(-c2csc3ccccc23)cc1CN1CCOCC1. The number of nitrogens with zero attached hydrogens (tertiary/aromatic N) is 2. The molecule has 4 rings (SSSR count). The summed E-state index contributed by atoms with van der Waals surface area (Å²) >= 11 is 1.76. The Morgan fingerprint density at radius 3 is 2.76 bits per heavy atom. The predicted octanol–water partition coefficient (Wildman–Crippen LogP) is 5.20. The van der Waals surface area contributed by atoms with Crippen molar-refractivity contribution < 1.29 is 14.3 Å². The highest BCUT2D eigenvalue weighted by Crippen LogP contribution is 2.36. The lowest BCUT2D eigenvalue weighted by Crippen LogP contribution is -2.36. The molecule has 3 aromatic rings. The lowest BCUT2D eigenvalue weighted by molar-refractivity contribution is -0.132. The van der Waals surface area contributed by atoms with Gasteiger partial charge in [-0.3, -0.25) is 9.69 Å². The average Bonchev–Trinajstić information content (AvgIpc) is 3.26. The van der Waals surface area contributed by atoms with Crippen LogP contribution in [0.15, 0.2) is 60.0 Å². The summed E-state index contributed by atoms with van der Waals surface area (Å²) in [4.78, 5) is 16.9. The molecule has 2 heterocycles. The Bertz CT molecular complexity index is 1120. The molecule has 174 valence electrons. The Morgan fingerprint density at radius 2 is 2.00 bits per heavy atom. The largest absolute Gasteiger partial charge is 0.483 e. The van der Waals surface area contributed by atoms with Gasteiger partial charge in [0, 0.05) is 53.9 Å². The van der Waals surface area contributed by atoms with E-state index in [1.165, 1.54) is 21.2 Å². The van der Waals surface area contributed by atoms with Gasteiger partial charge < -0.3 is 14.4 Å². The lowest BCUT2D eigenvalue weighted by Gasteiger charge is -2.27. The van der Waals surface area contributed by atoms with E-state index in [2.05, 4.69) is 53.3 Å². The van der Waals surface area contributed by atoms with Crippen molar-refractivity contribution in [1.82, 2.24) is 9.80 Å². The van der Waals surface area contributed by atoms with E-state index in [0.29, 0.717) is 13.1 Å². The van der Waals surface area contributed by atoms with E-state index in [0.717, 1.165) is 49.7 Å². The summed E-state index contributed by atoms with van der Waals surface area (Å²) in [6.45, 7) is 13.1. The summed E-state index contributed by atoms with van der Waals surface area (Å²) in [5.74, 6) is 0.746. The number of hydrogen-bond acceptors (Lipinski definition) is 5. The van der Waals surface area contributed by atoms with Gasteiger partial charge in [0.1, 0.15) is 5.75 Å². The first kappa shape index (κ1) is 23.5. The molecule has 0 radical (unpaired) electrons. The van der Waals surface area contributed by atoms with E-state index in [9.17, 15) is 4.79 Å². The highest BCUT2D eigenvalue weighted by atomic mass is 32.1. The van der Waals surface area contributed by atoms with Crippen LogP contribution >= 0.6 is 11.3 Å². The number of amides is 1. The molecule has 0 unspecified atom stereocenters. The third-order valence-electron chi connectivity index (χ3n) is 5.90. The number of thiophene rings is 1. The molecule has 1 aliphatic rings. The van der Waals surface area contributed by atoms with Gasteiger partial charge in [0.25, 0.3) is 5.91 Å². The molecular weight excluding hydrogens is 432 g/mol. The standard InChI is InChI=1S/C27H32N2O3S/c1-4-29(16-20(2)3)27(30)18-32-25-10-9-21(15-22(25)17-28-11-13-31-14-12-28)24-19-33-26-8-6-5-7-23(24)26/h5-10,15,19H,2,4,11-14,16-18H2,1,3H3. The molecular formula is C27H32N2O3S. The van der Waals surface area contributed by atoms with Crippen LogP contribution in [0.1, 0.15) is 19.4 Å². The molecule has 1 aliphatic heterocycles. The molecule has 0 bridgehead atoms. The molecule has 0 atom stereocenters. The van der Waals surface area contributed by atoms with Crippen molar-refractivity contribution in [2.24, 2.45) is 0 Å². The Kier molecular flexibility index (Phi) is 7.81. The van der Waals surface area contributed by atoms with Crippen molar-refractivity contribution in [2.75, 3.05) is 46.0 Å². The lowest BCUT2D eigenvalue weighted by atomic mass is 10.0. The molecule has 1 fully saturated rings. The van der Waals surface area contributed by atoms with E-state index in [1.807, 2.05) is 19.9 Å². The number of ether oxygens (including phenoxy) is 2. The summed E-state index contributed by atoms with van der Waals surface area (Å²) in [6.07, 6.45) is 0. The van der Waals surface area contributed by atoms with Crippen LogP contribution in [-0.4, -0.2) is 61.7 Å². The number of carbonyl (C=O) groups excluding carboxylic acids is 1. The minimum absolute atomic E-state index is 0.0225. The molecule has 0 saturated carbocycles. The second-order valence-corrected chi connectivity index (χ2v) is 9.42. The number of benzene rings is 2. The highest BCUT2D eigenvalue weighted by Gasteiger charge is 2.18. The van der Waals surface area contributed by atoms with Gasteiger partial charge in [-0.1, -0.05) is 36.4 Å². The second kappa shape index (κ2) is 11.0. The topological polar surface area (TPSA) is 42.0 Å². The fourth-order valence-electron chi connectivity index (χ4n) is 4.15. The van der Waals surface area contributed by atoms with Crippen LogP contribution in [-0.2, 0) is 16.1 Å². The van der Waals surface area contributed by atoms with Crippen LogP contribution in [0.3, 0.4) is 0 Å². The molecule has 1 saturated heterocycles. The number of likely N-dealkylation sites (N-methyl/N-ethyl adjacent to an activating group) is 1. The van der Waals surface area contributed by atoms with Crippen LogP contribution in [0.2, 0.25) is 0 Å². The minimum Gasteiger partial charge on any atom is -0.483 e. The van der Waals surface area contributed by atoms with Crippen LogP contribution in [0.5, 0.6) is 5.75 Å². The summed E-state index contributed by atoms with van der Waals surface area (Å²) < 4.78 is 12.9. The molecule has 1 amide bonds. The highest BCUT2D eigenvalue weighted by molar-refractivity contribution is 7.17. The Balaban J connectivity index is 1.58. The summed E-state index contributed by atoms with van der Waals surface area (Å²) in [5, 5.41) is 3.49.